The van der Waals surface area contributed by atoms with Crippen LogP contribution in [0.4, 0.5) is 5.69 Å². The lowest BCUT2D eigenvalue weighted by Gasteiger charge is -2.16. The van der Waals surface area contributed by atoms with Gasteiger partial charge >= 0.3 is 5.97 Å². The van der Waals surface area contributed by atoms with Crippen LogP contribution in [0.1, 0.15) is 38.7 Å². The van der Waals surface area contributed by atoms with Crippen LogP contribution in [0.15, 0.2) is 24.3 Å². The van der Waals surface area contributed by atoms with Gasteiger partial charge in [-0.3, -0.25) is 9.59 Å². The molecular formula is C15H22N2O3. The van der Waals surface area contributed by atoms with Crippen LogP contribution in [0.2, 0.25) is 0 Å². The third-order valence-corrected chi connectivity index (χ3v) is 3.25. The van der Waals surface area contributed by atoms with E-state index in [9.17, 15) is 9.59 Å². The van der Waals surface area contributed by atoms with E-state index in [1.165, 1.54) is 0 Å². The molecule has 0 heterocycles. The Hall–Kier alpha value is -1.88. The maximum absolute atomic E-state index is 11.8. The van der Waals surface area contributed by atoms with Gasteiger partial charge in [0.1, 0.15) is 0 Å². The highest BCUT2D eigenvalue weighted by atomic mass is 16.4. The minimum atomic E-state index is -0.821. The number of carboxylic acids is 1. The fourth-order valence-corrected chi connectivity index (χ4v) is 1.80. The van der Waals surface area contributed by atoms with Gasteiger partial charge in [0, 0.05) is 5.69 Å². The first kappa shape index (κ1) is 16.2. The maximum atomic E-state index is 11.8. The molecule has 0 saturated heterocycles. The van der Waals surface area contributed by atoms with Crippen LogP contribution in [-0.2, 0) is 9.59 Å². The van der Waals surface area contributed by atoms with Crippen molar-refractivity contribution < 1.29 is 14.7 Å². The van der Waals surface area contributed by atoms with Gasteiger partial charge in [-0.1, -0.05) is 32.9 Å². The number of hydrogen-bond donors (Lipinski definition) is 3. The molecular weight excluding hydrogens is 256 g/mol. The van der Waals surface area contributed by atoms with Crippen LogP contribution in [-0.4, -0.2) is 23.0 Å². The SMILES string of the molecule is CC(CC(=O)O)c1ccc(NC(=O)[C@@H](N)C(C)C)cc1. The molecule has 20 heavy (non-hydrogen) atoms. The number of carboxylic acid groups (broad SMARTS) is 1. The Morgan fingerprint density at radius 3 is 2.20 bits per heavy atom. The highest BCUT2D eigenvalue weighted by Crippen LogP contribution is 2.21. The number of hydrogen-bond acceptors (Lipinski definition) is 3. The van der Waals surface area contributed by atoms with E-state index in [4.69, 9.17) is 10.8 Å². The lowest BCUT2D eigenvalue weighted by molar-refractivity contribution is -0.137. The van der Waals surface area contributed by atoms with E-state index in [-0.39, 0.29) is 24.2 Å². The van der Waals surface area contributed by atoms with Crippen molar-refractivity contribution in [3.63, 3.8) is 0 Å². The number of anilines is 1. The van der Waals surface area contributed by atoms with Crippen molar-refractivity contribution in [2.75, 3.05) is 5.32 Å². The van der Waals surface area contributed by atoms with Crippen molar-refractivity contribution in [2.45, 2.75) is 39.2 Å². The number of carbonyl (C=O) groups is 2. The summed E-state index contributed by atoms with van der Waals surface area (Å²) >= 11 is 0. The van der Waals surface area contributed by atoms with Gasteiger partial charge in [0.25, 0.3) is 0 Å². The van der Waals surface area contributed by atoms with Crippen LogP contribution >= 0.6 is 0 Å². The largest absolute Gasteiger partial charge is 0.481 e. The van der Waals surface area contributed by atoms with Crippen molar-refractivity contribution in [3.8, 4) is 0 Å². The molecule has 4 N–H and O–H groups in total. The highest BCUT2D eigenvalue weighted by molar-refractivity contribution is 5.94. The lowest BCUT2D eigenvalue weighted by atomic mass is 9.97. The summed E-state index contributed by atoms with van der Waals surface area (Å²) in [6, 6.07) is 6.63. The van der Waals surface area contributed by atoms with Crippen molar-refractivity contribution >= 4 is 17.6 Å². The molecule has 1 rings (SSSR count). The van der Waals surface area contributed by atoms with Gasteiger partial charge < -0.3 is 16.2 Å². The van der Waals surface area contributed by atoms with Gasteiger partial charge in [0.15, 0.2) is 0 Å². The zero-order valence-electron chi connectivity index (χ0n) is 12.1. The van der Waals surface area contributed by atoms with Crippen molar-refractivity contribution in [3.05, 3.63) is 29.8 Å². The van der Waals surface area contributed by atoms with Crippen LogP contribution in [0.25, 0.3) is 0 Å². The van der Waals surface area contributed by atoms with E-state index in [0.29, 0.717) is 5.69 Å². The first-order valence-electron chi connectivity index (χ1n) is 6.69. The first-order valence-corrected chi connectivity index (χ1v) is 6.69. The minimum absolute atomic E-state index is 0.0600. The number of carbonyl (C=O) groups excluding carboxylic acids is 1. The van der Waals surface area contributed by atoms with E-state index in [1.807, 2.05) is 32.9 Å². The topological polar surface area (TPSA) is 92.4 Å². The fraction of sp³-hybridized carbons (Fsp3) is 0.467. The second-order valence-electron chi connectivity index (χ2n) is 5.38. The summed E-state index contributed by atoms with van der Waals surface area (Å²) in [5.41, 5.74) is 7.36. The zero-order valence-corrected chi connectivity index (χ0v) is 12.1. The molecule has 1 amide bonds. The average molecular weight is 278 g/mol. The molecule has 0 aliphatic heterocycles. The van der Waals surface area contributed by atoms with E-state index in [2.05, 4.69) is 5.32 Å². The van der Waals surface area contributed by atoms with Crippen molar-refractivity contribution in [2.24, 2.45) is 11.7 Å². The predicted octanol–water partition coefficient (Wildman–Crippen LogP) is 2.19. The third kappa shape index (κ3) is 4.66. The summed E-state index contributed by atoms with van der Waals surface area (Å²) in [7, 11) is 0. The van der Waals surface area contributed by atoms with Gasteiger partial charge in [0.2, 0.25) is 5.91 Å². The van der Waals surface area contributed by atoms with Gasteiger partial charge in [-0.25, -0.2) is 0 Å². The Morgan fingerprint density at radius 2 is 1.75 bits per heavy atom. The monoisotopic (exact) mass is 278 g/mol. The zero-order chi connectivity index (χ0) is 15.3. The summed E-state index contributed by atoms with van der Waals surface area (Å²) in [6.07, 6.45) is 0.0872. The maximum Gasteiger partial charge on any atom is 0.303 e. The number of nitrogens with two attached hydrogens (primary N) is 1. The van der Waals surface area contributed by atoms with Crippen LogP contribution in [0.5, 0.6) is 0 Å². The molecule has 110 valence electrons. The standard InChI is InChI=1S/C15H22N2O3/c1-9(2)14(16)15(20)17-12-6-4-11(5-7-12)10(3)8-13(18)19/h4-7,9-10,14H,8,16H2,1-3H3,(H,17,20)(H,18,19)/t10?,14-/m0/s1. The number of aliphatic carboxylic acids is 1. The number of amides is 1. The Labute approximate surface area is 119 Å². The van der Waals surface area contributed by atoms with Crippen LogP contribution < -0.4 is 11.1 Å². The van der Waals surface area contributed by atoms with E-state index >= 15 is 0 Å². The Balaban J connectivity index is 2.67. The molecule has 1 aromatic rings. The number of benzene rings is 1. The van der Waals surface area contributed by atoms with Gasteiger partial charge in [-0.2, -0.15) is 0 Å². The summed E-state index contributed by atoms with van der Waals surface area (Å²) in [5.74, 6) is -1.02. The Morgan fingerprint density at radius 1 is 1.20 bits per heavy atom. The molecule has 0 radical (unpaired) electrons. The fourth-order valence-electron chi connectivity index (χ4n) is 1.80. The number of rotatable bonds is 6. The normalized spacial score (nSPS) is 13.8. The quantitative estimate of drug-likeness (QED) is 0.743. The molecule has 0 spiro atoms. The smallest absolute Gasteiger partial charge is 0.303 e. The molecule has 1 unspecified atom stereocenters. The minimum Gasteiger partial charge on any atom is -0.481 e. The summed E-state index contributed by atoms with van der Waals surface area (Å²) < 4.78 is 0. The molecule has 5 heteroatoms. The number of nitrogens with one attached hydrogen (secondary N) is 1. The molecule has 1 aromatic carbocycles. The molecule has 0 saturated carbocycles. The lowest BCUT2D eigenvalue weighted by Crippen LogP contribution is -2.39. The predicted molar refractivity (Wildman–Crippen MR) is 78.6 cm³/mol. The highest BCUT2D eigenvalue weighted by Gasteiger charge is 2.17. The van der Waals surface area contributed by atoms with Gasteiger partial charge in [-0.05, 0) is 29.5 Å². The van der Waals surface area contributed by atoms with Crippen molar-refractivity contribution in [1.82, 2.24) is 0 Å². The van der Waals surface area contributed by atoms with Crippen molar-refractivity contribution in [1.29, 1.82) is 0 Å². The third-order valence-electron chi connectivity index (χ3n) is 3.25. The second kappa shape index (κ2) is 7.05. The molecule has 0 fully saturated rings. The van der Waals surface area contributed by atoms with E-state index in [1.54, 1.807) is 12.1 Å². The Bertz CT molecular complexity index is 469. The van der Waals surface area contributed by atoms with Crippen LogP contribution in [0.3, 0.4) is 0 Å². The Kier molecular flexibility index (Phi) is 5.70. The van der Waals surface area contributed by atoms with Gasteiger partial charge in [-0.15, -0.1) is 0 Å². The van der Waals surface area contributed by atoms with E-state index in [0.717, 1.165) is 5.56 Å². The molecule has 5 nitrogen and oxygen atoms in total. The molecule has 0 aliphatic carbocycles. The molecule has 2 atom stereocenters. The molecule has 0 aromatic heterocycles. The molecule has 0 bridgehead atoms. The average Bonchev–Trinajstić information content (AvgIpc) is 2.37. The van der Waals surface area contributed by atoms with Gasteiger partial charge in [0.05, 0.1) is 12.5 Å². The van der Waals surface area contributed by atoms with Crippen LogP contribution in [0, 0.1) is 5.92 Å². The summed E-state index contributed by atoms with van der Waals surface area (Å²) in [4.78, 5) is 22.5. The summed E-state index contributed by atoms with van der Waals surface area (Å²) in [6.45, 7) is 5.64. The summed E-state index contributed by atoms with van der Waals surface area (Å²) in [5, 5.41) is 11.5. The molecule has 0 aliphatic rings. The second-order valence-corrected chi connectivity index (χ2v) is 5.38. The first-order chi connectivity index (χ1) is 9.31. The van der Waals surface area contributed by atoms with E-state index < -0.39 is 12.0 Å².